The van der Waals surface area contributed by atoms with E-state index in [9.17, 15) is 8.42 Å². The SMILES string of the molecule is COC1CCCN(c2ccc(NS(=O)(=O)c3cc(Cl)ccc3C)cc2)C1. The van der Waals surface area contributed by atoms with E-state index in [0.717, 1.165) is 31.6 Å². The molecular formula is C19H23ClN2O3S. The van der Waals surface area contributed by atoms with Crippen LogP contribution < -0.4 is 9.62 Å². The molecule has 0 aromatic heterocycles. The van der Waals surface area contributed by atoms with Gasteiger partial charge in [0.1, 0.15) is 0 Å². The van der Waals surface area contributed by atoms with E-state index in [1.165, 1.54) is 6.07 Å². The Morgan fingerprint density at radius 1 is 1.19 bits per heavy atom. The third-order valence-electron chi connectivity index (χ3n) is 4.64. The number of benzene rings is 2. The van der Waals surface area contributed by atoms with Crippen LogP contribution >= 0.6 is 11.6 Å². The van der Waals surface area contributed by atoms with Gasteiger partial charge >= 0.3 is 0 Å². The number of methoxy groups -OCH3 is 1. The van der Waals surface area contributed by atoms with E-state index in [0.29, 0.717) is 16.3 Å². The first-order chi connectivity index (χ1) is 12.4. The number of halogens is 1. The summed E-state index contributed by atoms with van der Waals surface area (Å²) in [6.07, 6.45) is 2.40. The molecule has 2 aromatic carbocycles. The Balaban J connectivity index is 1.75. The van der Waals surface area contributed by atoms with Crippen LogP contribution in [0, 0.1) is 6.92 Å². The van der Waals surface area contributed by atoms with Crippen LogP contribution in [0.5, 0.6) is 0 Å². The molecule has 1 fully saturated rings. The zero-order valence-corrected chi connectivity index (χ0v) is 16.5. The molecule has 3 rings (SSSR count). The van der Waals surface area contributed by atoms with Crippen molar-refractivity contribution in [1.82, 2.24) is 0 Å². The Bertz CT molecular complexity index is 869. The summed E-state index contributed by atoms with van der Waals surface area (Å²) in [6.45, 7) is 3.58. The number of ether oxygens (including phenoxy) is 1. The second-order valence-electron chi connectivity index (χ2n) is 6.51. The molecule has 1 aliphatic rings. The third kappa shape index (κ3) is 4.31. The molecular weight excluding hydrogens is 372 g/mol. The predicted octanol–water partition coefficient (Wildman–Crippen LogP) is 4.06. The maximum Gasteiger partial charge on any atom is 0.262 e. The number of nitrogens with one attached hydrogen (secondary N) is 1. The standard InChI is InChI=1S/C19H23ClN2O3S/c1-14-5-6-15(20)12-19(14)26(23,24)21-16-7-9-17(10-8-16)22-11-3-4-18(13-22)25-2/h5-10,12,18,21H,3-4,11,13H2,1-2H3. The molecule has 0 bridgehead atoms. The summed E-state index contributed by atoms with van der Waals surface area (Å²) in [5.74, 6) is 0. The molecule has 0 amide bonds. The lowest BCUT2D eigenvalue weighted by Gasteiger charge is -2.33. The Morgan fingerprint density at radius 3 is 2.62 bits per heavy atom. The molecule has 7 heteroatoms. The van der Waals surface area contributed by atoms with Gasteiger partial charge in [-0.15, -0.1) is 0 Å². The lowest BCUT2D eigenvalue weighted by molar-refractivity contribution is 0.0893. The minimum absolute atomic E-state index is 0.188. The smallest absolute Gasteiger partial charge is 0.262 e. The number of hydrogen-bond acceptors (Lipinski definition) is 4. The van der Waals surface area contributed by atoms with Gasteiger partial charge in [-0.2, -0.15) is 0 Å². The summed E-state index contributed by atoms with van der Waals surface area (Å²) in [7, 11) is -1.95. The Hall–Kier alpha value is -1.76. The number of sulfonamides is 1. The summed E-state index contributed by atoms with van der Waals surface area (Å²) in [5, 5.41) is 0.393. The highest BCUT2D eigenvalue weighted by molar-refractivity contribution is 7.92. The molecule has 5 nitrogen and oxygen atoms in total. The first-order valence-electron chi connectivity index (χ1n) is 8.56. The van der Waals surface area contributed by atoms with Crippen LogP contribution in [0.3, 0.4) is 0 Å². The van der Waals surface area contributed by atoms with Gasteiger partial charge in [-0.05, 0) is 61.7 Å². The lowest BCUT2D eigenvalue weighted by Crippen LogP contribution is -2.39. The summed E-state index contributed by atoms with van der Waals surface area (Å²) < 4.78 is 33.4. The van der Waals surface area contributed by atoms with Crippen molar-refractivity contribution in [3.05, 3.63) is 53.1 Å². The van der Waals surface area contributed by atoms with Crippen molar-refractivity contribution in [3.8, 4) is 0 Å². The van der Waals surface area contributed by atoms with E-state index in [-0.39, 0.29) is 11.0 Å². The summed E-state index contributed by atoms with van der Waals surface area (Å²) in [5.41, 5.74) is 2.24. The number of piperidine rings is 1. The molecule has 1 aliphatic heterocycles. The van der Waals surface area contributed by atoms with E-state index < -0.39 is 10.0 Å². The van der Waals surface area contributed by atoms with Gasteiger partial charge in [0.2, 0.25) is 0 Å². The van der Waals surface area contributed by atoms with Crippen molar-refractivity contribution in [2.75, 3.05) is 29.8 Å². The Morgan fingerprint density at radius 2 is 1.92 bits per heavy atom. The second-order valence-corrected chi connectivity index (χ2v) is 8.60. The molecule has 0 spiro atoms. The van der Waals surface area contributed by atoms with Crippen LogP contribution in [0.1, 0.15) is 18.4 Å². The molecule has 1 atom stereocenters. The van der Waals surface area contributed by atoms with Crippen molar-refractivity contribution in [2.45, 2.75) is 30.8 Å². The van der Waals surface area contributed by atoms with E-state index >= 15 is 0 Å². The van der Waals surface area contributed by atoms with Gasteiger partial charge in [0.25, 0.3) is 10.0 Å². The zero-order chi connectivity index (χ0) is 18.7. The van der Waals surface area contributed by atoms with Crippen LogP contribution in [-0.4, -0.2) is 34.7 Å². The fourth-order valence-corrected chi connectivity index (χ4v) is 4.75. The topological polar surface area (TPSA) is 58.6 Å². The Kier molecular flexibility index (Phi) is 5.75. The van der Waals surface area contributed by atoms with Gasteiger partial charge in [-0.1, -0.05) is 17.7 Å². The Labute approximate surface area is 160 Å². The average molecular weight is 395 g/mol. The van der Waals surface area contributed by atoms with Crippen LogP contribution in [0.25, 0.3) is 0 Å². The first kappa shape index (κ1) is 19.0. The van der Waals surface area contributed by atoms with Crippen LogP contribution in [-0.2, 0) is 14.8 Å². The quantitative estimate of drug-likeness (QED) is 0.830. The molecule has 0 saturated carbocycles. The maximum absolute atomic E-state index is 12.6. The van der Waals surface area contributed by atoms with Crippen LogP contribution in [0.15, 0.2) is 47.4 Å². The molecule has 1 N–H and O–H groups in total. The number of anilines is 2. The highest BCUT2D eigenvalue weighted by Crippen LogP contribution is 2.26. The molecule has 0 aliphatic carbocycles. The third-order valence-corrected chi connectivity index (χ3v) is 6.39. The fraction of sp³-hybridized carbons (Fsp3) is 0.368. The maximum atomic E-state index is 12.6. The normalized spacial score (nSPS) is 18.0. The number of rotatable bonds is 5. The number of aryl methyl sites for hydroxylation is 1. The van der Waals surface area contributed by atoms with Gasteiger partial charge in [0.05, 0.1) is 11.0 Å². The fourth-order valence-electron chi connectivity index (χ4n) is 3.18. The molecule has 2 aromatic rings. The molecule has 1 unspecified atom stereocenters. The lowest BCUT2D eigenvalue weighted by atomic mass is 10.1. The zero-order valence-electron chi connectivity index (χ0n) is 14.9. The minimum atomic E-state index is -3.68. The summed E-state index contributed by atoms with van der Waals surface area (Å²) >= 11 is 5.95. The van der Waals surface area contributed by atoms with Gasteiger partial charge in [0, 0.05) is 36.6 Å². The first-order valence-corrected chi connectivity index (χ1v) is 10.4. The van der Waals surface area contributed by atoms with Crippen molar-refractivity contribution in [3.63, 3.8) is 0 Å². The largest absolute Gasteiger partial charge is 0.380 e. The monoisotopic (exact) mass is 394 g/mol. The van der Waals surface area contributed by atoms with E-state index in [4.69, 9.17) is 16.3 Å². The molecule has 1 saturated heterocycles. The van der Waals surface area contributed by atoms with Crippen LogP contribution in [0.4, 0.5) is 11.4 Å². The highest BCUT2D eigenvalue weighted by atomic mass is 35.5. The minimum Gasteiger partial charge on any atom is -0.380 e. The average Bonchev–Trinajstić information content (AvgIpc) is 2.64. The number of nitrogens with zero attached hydrogens (tertiary/aromatic N) is 1. The summed E-state index contributed by atoms with van der Waals surface area (Å²) in [6, 6.07) is 12.3. The molecule has 1 heterocycles. The van der Waals surface area contributed by atoms with Crippen LogP contribution in [0.2, 0.25) is 5.02 Å². The van der Waals surface area contributed by atoms with Gasteiger partial charge in [-0.25, -0.2) is 8.42 Å². The van der Waals surface area contributed by atoms with Crippen molar-refractivity contribution in [2.24, 2.45) is 0 Å². The van der Waals surface area contributed by atoms with E-state index in [1.807, 2.05) is 12.1 Å². The van der Waals surface area contributed by atoms with Crippen molar-refractivity contribution >= 4 is 33.0 Å². The molecule has 26 heavy (non-hydrogen) atoms. The highest BCUT2D eigenvalue weighted by Gasteiger charge is 2.20. The van der Waals surface area contributed by atoms with Gasteiger partial charge < -0.3 is 9.64 Å². The predicted molar refractivity (Wildman–Crippen MR) is 106 cm³/mol. The van der Waals surface area contributed by atoms with E-state index in [2.05, 4.69) is 9.62 Å². The van der Waals surface area contributed by atoms with Crippen molar-refractivity contribution < 1.29 is 13.2 Å². The molecule has 0 radical (unpaired) electrons. The van der Waals surface area contributed by atoms with Gasteiger partial charge in [0.15, 0.2) is 0 Å². The molecule has 140 valence electrons. The van der Waals surface area contributed by atoms with E-state index in [1.54, 1.807) is 38.3 Å². The van der Waals surface area contributed by atoms with Crippen molar-refractivity contribution in [1.29, 1.82) is 0 Å². The second kappa shape index (κ2) is 7.86. The number of hydrogen-bond donors (Lipinski definition) is 1. The van der Waals surface area contributed by atoms with Gasteiger partial charge in [-0.3, -0.25) is 4.72 Å². The summed E-state index contributed by atoms with van der Waals surface area (Å²) in [4.78, 5) is 2.45.